The zero-order chi connectivity index (χ0) is 18.6. The average Bonchev–Trinajstić information content (AvgIpc) is 3.04. The standard InChI is InChI=1S/C20H21NO3S2/c1-15(13-16-14-25-19-10-6-5-9-18(16)19)21-20(22)11-12-26(23,24)17-7-3-2-4-8-17/h2-10,14-15H,11-13H2,1H3,(H,21,22)/t15-/m0/s1. The van der Waals surface area contributed by atoms with E-state index in [-0.39, 0.29) is 29.0 Å². The maximum Gasteiger partial charge on any atom is 0.221 e. The highest BCUT2D eigenvalue weighted by Gasteiger charge is 2.17. The third-order valence-corrected chi connectivity index (χ3v) is 6.94. The molecular formula is C20H21NO3S2. The molecular weight excluding hydrogens is 366 g/mol. The predicted octanol–water partition coefficient (Wildman–Crippen LogP) is 3.81. The van der Waals surface area contributed by atoms with Crippen molar-refractivity contribution in [2.45, 2.75) is 30.7 Å². The minimum absolute atomic E-state index is 0.0358. The molecule has 0 saturated heterocycles. The van der Waals surface area contributed by atoms with Crippen molar-refractivity contribution in [3.05, 3.63) is 65.5 Å². The van der Waals surface area contributed by atoms with Gasteiger partial charge >= 0.3 is 0 Å². The van der Waals surface area contributed by atoms with E-state index in [9.17, 15) is 13.2 Å². The van der Waals surface area contributed by atoms with Gasteiger partial charge in [-0.3, -0.25) is 4.79 Å². The van der Waals surface area contributed by atoms with Crippen molar-refractivity contribution in [2.75, 3.05) is 5.75 Å². The normalized spacial score (nSPS) is 12.8. The molecule has 0 bridgehead atoms. The number of carbonyl (C=O) groups excluding carboxylic acids is 1. The molecule has 0 aliphatic carbocycles. The van der Waals surface area contributed by atoms with Crippen LogP contribution in [0.5, 0.6) is 0 Å². The smallest absolute Gasteiger partial charge is 0.221 e. The second-order valence-electron chi connectivity index (χ2n) is 6.31. The summed E-state index contributed by atoms with van der Waals surface area (Å²) in [5.74, 6) is -0.423. The molecule has 2 aromatic carbocycles. The highest BCUT2D eigenvalue weighted by molar-refractivity contribution is 7.91. The lowest BCUT2D eigenvalue weighted by Gasteiger charge is -2.14. The third-order valence-electron chi connectivity index (χ3n) is 4.19. The van der Waals surface area contributed by atoms with Gasteiger partial charge in [0.25, 0.3) is 0 Å². The van der Waals surface area contributed by atoms with Crippen LogP contribution in [0.25, 0.3) is 10.1 Å². The Labute approximate surface area is 157 Å². The van der Waals surface area contributed by atoms with Crippen LogP contribution in [0, 0.1) is 0 Å². The van der Waals surface area contributed by atoms with E-state index in [2.05, 4.69) is 22.8 Å². The zero-order valence-corrected chi connectivity index (χ0v) is 16.1. The Balaban J connectivity index is 1.55. The second kappa shape index (κ2) is 8.01. The SMILES string of the molecule is C[C@@H](Cc1csc2ccccc12)NC(=O)CCS(=O)(=O)c1ccccc1. The van der Waals surface area contributed by atoms with Crippen LogP contribution in [0.15, 0.2) is 64.9 Å². The fourth-order valence-corrected chi connectivity index (χ4v) is 5.13. The number of benzene rings is 2. The lowest BCUT2D eigenvalue weighted by molar-refractivity contribution is -0.121. The molecule has 4 nitrogen and oxygen atoms in total. The fraction of sp³-hybridized carbons (Fsp3) is 0.250. The Morgan fingerprint density at radius 1 is 1.08 bits per heavy atom. The molecule has 0 unspecified atom stereocenters. The first-order valence-corrected chi connectivity index (χ1v) is 11.0. The highest BCUT2D eigenvalue weighted by Crippen LogP contribution is 2.26. The van der Waals surface area contributed by atoms with E-state index >= 15 is 0 Å². The van der Waals surface area contributed by atoms with E-state index in [0.717, 1.165) is 6.42 Å². The van der Waals surface area contributed by atoms with Gasteiger partial charge in [0.2, 0.25) is 5.91 Å². The predicted molar refractivity (Wildman–Crippen MR) is 106 cm³/mol. The lowest BCUT2D eigenvalue weighted by Crippen LogP contribution is -2.35. The van der Waals surface area contributed by atoms with E-state index in [0.29, 0.717) is 0 Å². The van der Waals surface area contributed by atoms with Gasteiger partial charge in [-0.1, -0.05) is 36.4 Å². The van der Waals surface area contributed by atoms with Crippen molar-refractivity contribution in [2.24, 2.45) is 0 Å². The Bertz CT molecular complexity index is 994. The summed E-state index contributed by atoms with van der Waals surface area (Å²) in [5.41, 5.74) is 1.20. The van der Waals surface area contributed by atoms with Crippen molar-refractivity contribution in [1.29, 1.82) is 0 Å². The van der Waals surface area contributed by atoms with Gasteiger partial charge in [-0.2, -0.15) is 0 Å². The summed E-state index contributed by atoms with van der Waals surface area (Å²) in [7, 11) is -3.43. The van der Waals surface area contributed by atoms with E-state index in [4.69, 9.17) is 0 Å². The molecule has 3 rings (SSSR count). The molecule has 1 atom stereocenters. The van der Waals surface area contributed by atoms with Crippen LogP contribution in [0.2, 0.25) is 0 Å². The summed E-state index contributed by atoms with van der Waals surface area (Å²) in [6.07, 6.45) is 0.688. The number of thiophene rings is 1. The molecule has 1 N–H and O–H groups in total. The zero-order valence-electron chi connectivity index (χ0n) is 14.5. The summed E-state index contributed by atoms with van der Waals surface area (Å²) < 4.78 is 25.7. The molecule has 0 spiro atoms. The van der Waals surface area contributed by atoms with Gasteiger partial charge in [-0.25, -0.2) is 8.42 Å². The minimum Gasteiger partial charge on any atom is -0.353 e. The summed E-state index contributed by atoms with van der Waals surface area (Å²) in [5, 5.41) is 6.24. The Morgan fingerprint density at radius 3 is 2.54 bits per heavy atom. The van der Waals surface area contributed by atoms with E-state index in [1.54, 1.807) is 41.7 Å². The van der Waals surface area contributed by atoms with Crippen LogP contribution >= 0.6 is 11.3 Å². The molecule has 0 saturated carbocycles. The Hall–Kier alpha value is -2.18. The number of amides is 1. The van der Waals surface area contributed by atoms with Gasteiger partial charge in [0, 0.05) is 17.2 Å². The topological polar surface area (TPSA) is 63.2 Å². The summed E-state index contributed by atoms with van der Waals surface area (Å²) in [6.45, 7) is 1.94. The second-order valence-corrected chi connectivity index (χ2v) is 9.33. The first kappa shape index (κ1) is 18.6. The number of sulfone groups is 1. The van der Waals surface area contributed by atoms with Crippen molar-refractivity contribution in [3.63, 3.8) is 0 Å². The number of hydrogen-bond acceptors (Lipinski definition) is 4. The first-order valence-electron chi connectivity index (χ1n) is 8.48. The maximum absolute atomic E-state index is 12.2. The van der Waals surface area contributed by atoms with Crippen molar-refractivity contribution >= 4 is 37.2 Å². The monoisotopic (exact) mass is 387 g/mol. The molecule has 3 aromatic rings. The molecule has 1 aromatic heterocycles. The molecule has 136 valence electrons. The Kier molecular flexibility index (Phi) is 5.74. The largest absolute Gasteiger partial charge is 0.353 e. The first-order chi connectivity index (χ1) is 12.5. The number of fused-ring (bicyclic) bond motifs is 1. The quantitative estimate of drug-likeness (QED) is 0.670. The van der Waals surface area contributed by atoms with Crippen molar-refractivity contribution in [3.8, 4) is 0 Å². The molecule has 1 heterocycles. The Morgan fingerprint density at radius 2 is 1.77 bits per heavy atom. The number of hydrogen-bond donors (Lipinski definition) is 1. The molecule has 1 amide bonds. The van der Waals surface area contributed by atoms with E-state index in [1.807, 2.05) is 19.1 Å². The van der Waals surface area contributed by atoms with Crippen molar-refractivity contribution in [1.82, 2.24) is 5.32 Å². The van der Waals surface area contributed by atoms with Gasteiger partial charge in [-0.05, 0) is 47.9 Å². The molecule has 0 aliphatic rings. The maximum atomic E-state index is 12.2. The fourth-order valence-electron chi connectivity index (χ4n) is 2.89. The molecule has 0 fully saturated rings. The summed E-state index contributed by atoms with van der Waals surface area (Å²) in [6, 6.07) is 16.4. The van der Waals surface area contributed by atoms with Crippen LogP contribution in [-0.2, 0) is 21.1 Å². The lowest BCUT2D eigenvalue weighted by atomic mass is 10.1. The number of carbonyl (C=O) groups is 1. The molecule has 0 aliphatic heterocycles. The minimum atomic E-state index is -3.43. The highest BCUT2D eigenvalue weighted by atomic mass is 32.2. The third kappa shape index (κ3) is 4.51. The van der Waals surface area contributed by atoms with Gasteiger partial charge in [0.1, 0.15) is 0 Å². The average molecular weight is 388 g/mol. The molecule has 26 heavy (non-hydrogen) atoms. The van der Waals surface area contributed by atoms with E-state index in [1.165, 1.54) is 15.6 Å². The summed E-state index contributed by atoms with van der Waals surface area (Å²) >= 11 is 1.69. The van der Waals surface area contributed by atoms with Gasteiger partial charge in [0.05, 0.1) is 10.6 Å². The number of nitrogens with one attached hydrogen (secondary N) is 1. The van der Waals surface area contributed by atoms with Crippen LogP contribution < -0.4 is 5.32 Å². The van der Waals surface area contributed by atoms with Crippen LogP contribution in [0.4, 0.5) is 0 Å². The molecule has 0 radical (unpaired) electrons. The summed E-state index contributed by atoms with van der Waals surface area (Å²) in [4.78, 5) is 12.4. The van der Waals surface area contributed by atoms with Crippen LogP contribution in [-0.4, -0.2) is 26.1 Å². The van der Waals surface area contributed by atoms with Gasteiger partial charge in [0.15, 0.2) is 9.84 Å². The van der Waals surface area contributed by atoms with Crippen LogP contribution in [0.1, 0.15) is 18.9 Å². The molecule has 6 heteroatoms. The van der Waals surface area contributed by atoms with Crippen LogP contribution in [0.3, 0.4) is 0 Å². The number of rotatable bonds is 7. The van der Waals surface area contributed by atoms with Gasteiger partial charge < -0.3 is 5.32 Å². The van der Waals surface area contributed by atoms with E-state index < -0.39 is 9.84 Å². The van der Waals surface area contributed by atoms with Gasteiger partial charge in [-0.15, -0.1) is 11.3 Å². The van der Waals surface area contributed by atoms with Crippen molar-refractivity contribution < 1.29 is 13.2 Å².